The summed E-state index contributed by atoms with van der Waals surface area (Å²) in [4.78, 5) is 8.28. The molecule has 3 aromatic heterocycles. The standard InChI is InChI=1S/C21H19N3O2S/c1-14-20-21(26-23-14)17(13-18(22-20)19-3-2-12-27-19)15-4-6-16(7-5-15)24-8-10-25-11-9-24/h2-7,12-13H,8-11H2,1H3. The van der Waals surface area contributed by atoms with Crippen LogP contribution in [0.1, 0.15) is 5.69 Å². The van der Waals surface area contributed by atoms with Crippen LogP contribution in [-0.4, -0.2) is 36.4 Å². The number of pyridine rings is 1. The Morgan fingerprint density at radius 3 is 2.63 bits per heavy atom. The fourth-order valence-corrected chi connectivity index (χ4v) is 4.15. The van der Waals surface area contributed by atoms with E-state index in [2.05, 4.69) is 51.8 Å². The lowest BCUT2D eigenvalue weighted by atomic mass is 10.0. The molecule has 0 bridgehead atoms. The monoisotopic (exact) mass is 377 g/mol. The van der Waals surface area contributed by atoms with Crippen LogP contribution in [0.2, 0.25) is 0 Å². The van der Waals surface area contributed by atoms with Gasteiger partial charge in [0, 0.05) is 24.3 Å². The van der Waals surface area contributed by atoms with Crippen molar-refractivity contribution in [1.29, 1.82) is 0 Å². The molecule has 0 saturated carbocycles. The smallest absolute Gasteiger partial charge is 0.193 e. The molecule has 5 rings (SSSR count). The van der Waals surface area contributed by atoms with E-state index in [1.165, 1.54) is 5.69 Å². The second kappa shape index (κ2) is 6.79. The lowest BCUT2D eigenvalue weighted by Crippen LogP contribution is -2.36. The molecule has 0 radical (unpaired) electrons. The number of anilines is 1. The highest BCUT2D eigenvalue weighted by molar-refractivity contribution is 7.13. The molecule has 27 heavy (non-hydrogen) atoms. The Bertz CT molecular complexity index is 1060. The molecule has 4 heterocycles. The van der Waals surface area contributed by atoms with Crippen LogP contribution in [0, 0.1) is 6.92 Å². The number of morpholine rings is 1. The first-order valence-corrected chi connectivity index (χ1v) is 9.91. The van der Waals surface area contributed by atoms with E-state index < -0.39 is 0 Å². The van der Waals surface area contributed by atoms with Crippen LogP contribution in [0.25, 0.3) is 32.8 Å². The summed E-state index contributed by atoms with van der Waals surface area (Å²) in [5, 5.41) is 6.21. The first-order valence-electron chi connectivity index (χ1n) is 9.03. The van der Waals surface area contributed by atoms with Crippen LogP contribution in [0.3, 0.4) is 0 Å². The SMILES string of the molecule is Cc1noc2c(-c3ccc(N4CCOCC4)cc3)cc(-c3cccs3)nc12. The van der Waals surface area contributed by atoms with E-state index in [4.69, 9.17) is 14.2 Å². The summed E-state index contributed by atoms with van der Waals surface area (Å²) < 4.78 is 11.1. The minimum absolute atomic E-state index is 0.743. The normalized spacial score (nSPS) is 14.8. The second-order valence-electron chi connectivity index (χ2n) is 6.62. The van der Waals surface area contributed by atoms with Gasteiger partial charge in [-0.1, -0.05) is 23.4 Å². The zero-order valence-electron chi connectivity index (χ0n) is 15.0. The van der Waals surface area contributed by atoms with Gasteiger partial charge in [-0.3, -0.25) is 0 Å². The van der Waals surface area contributed by atoms with Gasteiger partial charge in [-0.2, -0.15) is 0 Å². The first kappa shape index (κ1) is 16.5. The van der Waals surface area contributed by atoms with E-state index in [1.807, 2.05) is 13.0 Å². The van der Waals surface area contributed by atoms with E-state index in [0.29, 0.717) is 0 Å². The Morgan fingerprint density at radius 2 is 1.89 bits per heavy atom. The Balaban J connectivity index is 1.59. The molecule has 0 spiro atoms. The molecule has 1 saturated heterocycles. The highest BCUT2D eigenvalue weighted by Gasteiger charge is 2.17. The van der Waals surface area contributed by atoms with Crippen molar-refractivity contribution in [1.82, 2.24) is 10.1 Å². The summed E-state index contributed by atoms with van der Waals surface area (Å²) in [6.45, 7) is 5.37. The van der Waals surface area contributed by atoms with Crippen LogP contribution < -0.4 is 4.90 Å². The van der Waals surface area contributed by atoms with Crippen molar-refractivity contribution in [3.05, 3.63) is 53.5 Å². The topological polar surface area (TPSA) is 51.4 Å². The van der Waals surface area contributed by atoms with Crippen molar-refractivity contribution < 1.29 is 9.26 Å². The van der Waals surface area contributed by atoms with Crippen molar-refractivity contribution in [2.24, 2.45) is 0 Å². The van der Waals surface area contributed by atoms with Gasteiger partial charge in [0.15, 0.2) is 5.58 Å². The predicted octanol–water partition coefficient (Wildman–Crippen LogP) is 4.76. The minimum Gasteiger partial charge on any atom is -0.378 e. The molecular formula is C21H19N3O2S. The minimum atomic E-state index is 0.743. The number of aryl methyl sites for hydroxylation is 1. The Morgan fingerprint density at radius 1 is 1.07 bits per heavy atom. The van der Waals surface area contributed by atoms with Crippen LogP contribution in [0.15, 0.2) is 52.4 Å². The zero-order chi connectivity index (χ0) is 18.2. The highest BCUT2D eigenvalue weighted by Crippen LogP contribution is 2.35. The van der Waals surface area contributed by atoms with E-state index in [-0.39, 0.29) is 0 Å². The van der Waals surface area contributed by atoms with E-state index >= 15 is 0 Å². The molecule has 0 N–H and O–H groups in total. The molecule has 0 amide bonds. The lowest BCUT2D eigenvalue weighted by Gasteiger charge is -2.28. The van der Waals surface area contributed by atoms with Crippen molar-refractivity contribution >= 4 is 28.1 Å². The van der Waals surface area contributed by atoms with Crippen molar-refractivity contribution in [3.63, 3.8) is 0 Å². The molecule has 1 aliphatic rings. The highest BCUT2D eigenvalue weighted by atomic mass is 32.1. The summed E-state index contributed by atoms with van der Waals surface area (Å²) in [5.41, 5.74) is 6.69. The maximum Gasteiger partial charge on any atom is 0.193 e. The van der Waals surface area contributed by atoms with Crippen LogP contribution in [-0.2, 0) is 4.74 Å². The number of hydrogen-bond acceptors (Lipinski definition) is 6. The zero-order valence-corrected chi connectivity index (χ0v) is 15.8. The number of aromatic nitrogens is 2. The quantitative estimate of drug-likeness (QED) is 0.515. The van der Waals surface area contributed by atoms with Gasteiger partial charge in [-0.25, -0.2) is 4.98 Å². The van der Waals surface area contributed by atoms with E-state index in [9.17, 15) is 0 Å². The second-order valence-corrected chi connectivity index (χ2v) is 7.57. The molecule has 136 valence electrons. The third-order valence-electron chi connectivity index (χ3n) is 4.92. The van der Waals surface area contributed by atoms with Gasteiger partial charge in [0.25, 0.3) is 0 Å². The van der Waals surface area contributed by atoms with Crippen molar-refractivity contribution in [2.45, 2.75) is 6.92 Å². The molecular weight excluding hydrogens is 358 g/mol. The molecule has 6 heteroatoms. The molecule has 0 atom stereocenters. The fraction of sp³-hybridized carbons (Fsp3) is 0.238. The fourth-order valence-electron chi connectivity index (χ4n) is 3.47. The molecule has 1 fully saturated rings. The van der Waals surface area contributed by atoms with E-state index in [1.54, 1.807) is 11.3 Å². The van der Waals surface area contributed by atoms with Gasteiger partial charge in [-0.15, -0.1) is 11.3 Å². The maximum atomic E-state index is 5.62. The predicted molar refractivity (Wildman–Crippen MR) is 108 cm³/mol. The Hall–Kier alpha value is -2.70. The third-order valence-corrected chi connectivity index (χ3v) is 5.81. The molecule has 4 aromatic rings. The Labute approximate surface area is 161 Å². The molecule has 5 nitrogen and oxygen atoms in total. The van der Waals surface area contributed by atoms with Crippen LogP contribution in [0.5, 0.6) is 0 Å². The van der Waals surface area contributed by atoms with Gasteiger partial charge in [0.1, 0.15) is 11.2 Å². The summed E-state index contributed by atoms with van der Waals surface area (Å²) in [6, 6.07) is 14.9. The van der Waals surface area contributed by atoms with Crippen molar-refractivity contribution in [3.8, 4) is 21.7 Å². The number of ether oxygens (including phenoxy) is 1. The van der Waals surface area contributed by atoms with Gasteiger partial charge in [0.05, 0.1) is 23.8 Å². The number of fused-ring (bicyclic) bond motifs is 1. The summed E-state index contributed by atoms with van der Waals surface area (Å²) in [5.74, 6) is 0. The summed E-state index contributed by atoms with van der Waals surface area (Å²) >= 11 is 1.69. The number of hydrogen-bond donors (Lipinski definition) is 0. The van der Waals surface area contributed by atoms with Gasteiger partial charge in [-0.05, 0) is 42.1 Å². The van der Waals surface area contributed by atoms with E-state index in [0.717, 1.165) is 64.8 Å². The maximum absolute atomic E-state index is 5.62. The summed E-state index contributed by atoms with van der Waals surface area (Å²) in [7, 11) is 0. The number of thiophene rings is 1. The molecule has 0 unspecified atom stereocenters. The van der Waals surface area contributed by atoms with Gasteiger partial charge < -0.3 is 14.2 Å². The third kappa shape index (κ3) is 3.01. The average molecular weight is 377 g/mol. The average Bonchev–Trinajstić information content (AvgIpc) is 3.39. The van der Waals surface area contributed by atoms with Crippen molar-refractivity contribution in [2.75, 3.05) is 31.2 Å². The largest absolute Gasteiger partial charge is 0.378 e. The van der Waals surface area contributed by atoms with Crippen LogP contribution in [0.4, 0.5) is 5.69 Å². The lowest BCUT2D eigenvalue weighted by molar-refractivity contribution is 0.122. The Kier molecular flexibility index (Phi) is 4.14. The molecule has 0 aliphatic carbocycles. The van der Waals surface area contributed by atoms with Gasteiger partial charge >= 0.3 is 0 Å². The number of rotatable bonds is 3. The number of nitrogens with zero attached hydrogens (tertiary/aromatic N) is 3. The first-order chi connectivity index (χ1) is 13.3. The molecule has 1 aromatic carbocycles. The van der Waals surface area contributed by atoms with Gasteiger partial charge in [0.2, 0.25) is 0 Å². The van der Waals surface area contributed by atoms with Crippen LogP contribution >= 0.6 is 11.3 Å². The summed E-state index contributed by atoms with van der Waals surface area (Å²) in [6.07, 6.45) is 0. The number of benzene rings is 1. The molecule has 1 aliphatic heterocycles.